The summed E-state index contributed by atoms with van der Waals surface area (Å²) in [7, 11) is 0. The number of rotatable bonds is 20. The Labute approximate surface area is 250 Å². The Balaban J connectivity index is 1.23. The first-order valence-electron chi connectivity index (χ1n) is 16.8. The van der Waals surface area contributed by atoms with E-state index in [0.29, 0.717) is 38.8 Å². The van der Waals surface area contributed by atoms with Crippen LogP contribution in [0.25, 0.3) is 0 Å². The van der Waals surface area contributed by atoms with Gasteiger partial charge in [0.1, 0.15) is 23.1 Å². The molecule has 0 radical (unpaired) electrons. The zero-order valence-corrected chi connectivity index (χ0v) is 25.6. The van der Waals surface area contributed by atoms with Crippen molar-refractivity contribution in [1.29, 1.82) is 0 Å². The normalized spacial score (nSPS) is 19.2. The van der Waals surface area contributed by atoms with Crippen molar-refractivity contribution in [1.82, 2.24) is 9.13 Å². The first-order chi connectivity index (χ1) is 20.4. The average molecular weight is 585 g/mol. The zero-order valence-electron chi connectivity index (χ0n) is 25.6. The molecule has 0 spiro atoms. The molecule has 1 aromatic heterocycles. The maximum atomic E-state index is 12.8. The molecule has 2 atom stereocenters. The quantitative estimate of drug-likeness (QED) is 0.135. The van der Waals surface area contributed by atoms with Crippen molar-refractivity contribution in [2.24, 2.45) is 11.8 Å². The van der Waals surface area contributed by atoms with Crippen LogP contribution < -0.4 is 11.2 Å². The lowest BCUT2D eigenvalue weighted by Crippen LogP contribution is -2.39. The van der Waals surface area contributed by atoms with E-state index in [9.17, 15) is 28.8 Å². The molecule has 0 amide bonds. The van der Waals surface area contributed by atoms with Crippen molar-refractivity contribution in [2.75, 3.05) is 0 Å². The highest BCUT2D eigenvalue weighted by Crippen LogP contribution is 2.24. The monoisotopic (exact) mass is 584 g/mol. The van der Waals surface area contributed by atoms with Crippen molar-refractivity contribution in [3.63, 3.8) is 0 Å². The van der Waals surface area contributed by atoms with E-state index in [-0.39, 0.29) is 46.2 Å². The Hall–Kier alpha value is -2.64. The molecule has 42 heavy (non-hydrogen) atoms. The lowest BCUT2D eigenvalue weighted by Gasteiger charge is -2.19. The summed E-state index contributed by atoms with van der Waals surface area (Å²) >= 11 is 0. The third-order valence-electron chi connectivity index (χ3n) is 9.15. The molecule has 2 saturated carbocycles. The van der Waals surface area contributed by atoms with E-state index < -0.39 is 0 Å². The number of nitrogens with zero attached hydrogens (tertiary/aromatic N) is 2. The van der Waals surface area contributed by atoms with Gasteiger partial charge in [-0.1, -0.05) is 64.2 Å². The standard InChI is InChI=1S/C34H52N2O6/c37-29(27-17-11-13-21-31(27)39)19-9-5-1-3-7-15-24-35-26-23-33(41)36(34(35)42)25-16-8-4-2-6-10-20-30(38)28-18-12-14-22-32(28)40/h23,26-28H,1-22,24-25H2. The van der Waals surface area contributed by atoms with E-state index in [4.69, 9.17) is 0 Å². The number of hydrogen-bond acceptors (Lipinski definition) is 6. The summed E-state index contributed by atoms with van der Waals surface area (Å²) < 4.78 is 2.98. The molecule has 0 aromatic carbocycles. The minimum atomic E-state index is -0.347. The van der Waals surface area contributed by atoms with E-state index >= 15 is 0 Å². The van der Waals surface area contributed by atoms with Gasteiger partial charge in [-0.2, -0.15) is 0 Å². The molecule has 0 N–H and O–H groups in total. The Morgan fingerprint density at radius 1 is 0.595 bits per heavy atom. The summed E-state index contributed by atoms with van der Waals surface area (Å²) in [5, 5.41) is 0. The fourth-order valence-electron chi connectivity index (χ4n) is 6.49. The van der Waals surface area contributed by atoms with Gasteiger partial charge >= 0.3 is 5.69 Å². The van der Waals surface area contributed by atoms with Crippen LogP contribution in [-0.4, -0.2) is 32.3 Å². The second-order valence-electron chi connectivity index (χ2n) is 12.5. The number of Topliss-reactive ketones (excluding diaryl/α,β-unsaturated/α-hetero) is 4. The second kappa shape index (κ2) is 18.8. The molecule has 2 aliphatic carbocycles. The van der Waals surface area contributed by atoms with E-state index in [1.165, 1.54) is 10.6 Å². The van der Waals surface area contributed by atoms with Crippen LogP contribution in [-0.2, 0) is 32.3 Å². The molecular weight excluding hydrogens is 532 g/mol. The lowest BCUT2D eigenvalue weighted by atomic mass is 9.83. The maximum absolute atomic E-state index is 12.8. The first-order valence-corrected chi connectivity index (χ1v) is 16.8. The maximum Gasteiger partial charge on any atom is 0.330 e. The highest BCUT2D eigenvalue weighted by Gasteiger charge is 2.28. The molecule has 1 aromatic rings. The average Bonchev–Trinajstić information content (AvgIpc) is 2.98. The van der Waals surface area contributed by atoms with E-state index in [2.05, 4.69) is 0 Å². The molecule has 234 valence electrons. The summed E-state index contributed by atoms with van der Waals surface area (Å²) in [6.07, 6.45) is 20.3. The van der Waals surface area contributed by atoms with Gasteiger partial charge in [0.25, 0.3) is 5.56 Å². The predicted molar refractivity (Wildman–Crippen MR) is 164 cm³/mol. The van der Waals surface area contributed by atoms with Crippen LogP contribution in [0.5, 0.6) is 0 Å². The first kappa shape index (κ1) is 33.9. The number of unbranched alkanes of at least 4 members (excludes halogenated alkanes) is 10. The number of aromatic nitrogens is 2. The van der Waals surface area contributed by atoms with Gasteiger partial charge in [0, 0.05) is 51.0 Å². The fourth-order valence-corrected chi connectivity index (χ4v) is 6.49. The van der Waals surface area contributed by atoms with E-state index in [1.807, 2.05) is 0 Å². The van der Waals surface area contributed by atoms with Gasteiger partial charge in [0.05, 0.1) is 11.8 Å². The number of carbonyl (C=O) groups is 4. The Bertz CT molecular complexity index is 1150. The molecule has 0 aliphatic heterocycles. The highest BCUT2D eigenvalue weighted by atomic mass is 16.2. The Morgan fingerprint density at radius 2 is 1.05 bits per heavy atom. The second-order valence-corrected chi connectivity index (χ2v) is 12.5. The van der Waals surface area contributed by atoms with Crippen LogP contribution in [0, 0.1) is 11.8 Å². The minimum Gasteiger partial charge on any atom is -0.300 e. The zero-order chi connectivity index (χ0) is 30.2. The van der Waals surface area contributed by atoms with Crippen molar-refractivity contribution >= 4 is 23.1 Å². The Kier molecular flexibility index (Phi) is 15.2. The third-order valence-corrected chi connectivity index (χ3v) is 9.15. The largest absolute Gasteiger partial charge is 0.330 e. The van der Waals surface area contributed by atoms with Crippen LogP contribution in [0.3, 0.4) is 0 Å². The summed E-state index contributed by atoms with van der Waals surface area (Å²) in [6, 6.07) is 1.48. The fraction of sp³-hybridized carbons (Fsp3) is 0.765. The summed E-state index contributed by atoms with van der Waals surface area (Å²) in [5.41, 5.74) is -0.495. The van der Waals surface area contributed by atoms with Crippen LogP contribution in [0.1, 0.15) is 141 Å². The molecule has 0 saturated heterocycles. The summed E-state index contributed by atoms with van der Waals surface area (Å²) in [4.78, 5) is 73.6. The van der Waals surface area contributed by atoms with Crippen molar-refractivity contribution < 1.29 is 19.2 Å². The highest BCUT2D eigenvalue weighted by molar-refractivity contribution is 6.03. The summed E-state index contributed by atoms with van der Waals surface area (Å²) in [6.45, 7) is 1.01. The van der Waals surface area contributed by atoms with Crippen LogP contribution >= 0.6 is 0 Å². The van der Waals surface area contributed by atoms with Crippen LogP contribution in [0.4, 0.5) is 0 Å². The number of hydrogen-bond donors (Lipinski definition) is 0. The van der Waals surface area contributed by atoms with Crippen LogP contribution in [0.2, 0.25) is 0 Å². The summed E-state index contributed by atoms with van der Waals surface area (Å²) in [5.74, 6) is -0.163. The molecule has 2 aliphatic rings. The van der Waals surface area contributed by atoms with Gasteiger partial charge in [0.2, 0.25) is 0 Å². The smallest absolute Gasteiger partial charge is 0.300 e. The van der Waals surface area contributed by atoms with Gasteiger partial charge in [-0.3, -0.25) is 28.5 Å². The Morgan fingerprint density at radius 3 is 1.55 bits per heavy atom. The molecular formula is C34H52N2O6. The SMILES string of the molecule is O=C(CCCCCCCCn1ccc(=O)n(CCCCCCCCC(=O)C2CCCCC2=O)c1=O)C1CCCCC1=O. The van der Waals surface area contributed by atoms with E-state index in [0.717, 1.165) is 116 Å². The predicted octanol–water partition coefficient (Wildman–Crippen LogP) is 6.13. The van der Waals surface area contributed by atoms with Crippen molar-refractivity contribution in [2.45, 2.75) is 154 Å². The molecule has 2 unspecified atom stereocenters. The van der Waals surface area contributed by atoms with Gasteiger partial charge in [-0.05, 0) is 51.4 Å². The van der Waals surface area contributed by atoms with Crippen LogP contribution in [0.15, 0.2) is 21.9 Å². The molecule has 8 heteroatoms. The van der Waals surface area contributed by atoms with Gasteiger partial charge in [-0.15, -0.1) is 0 Å². The van der Waals surface area contributed by atoms with Gasteiger partial charge in [0.15, 0.2) is 0 Å². The lowest BCUT2D eigenvalue weighted by molar-refractivity contribution is -0.136. The minimum absolute atomic E-state index is 0.122. The molecule has 0 bridgehead atoms. The molecule has 2 fully saturated rings. The molecule has 1 heterocycles. The topological polar surface area (TPSA) is 112 Å². The number of aryl methyl sites for hydroxylation is 1. The number of carbonyl (C=O) groups excluding carboxylic acids is 4. The molecule has 3 rings (SSSR count). The molecule has 8 nitrogen and oxygen atoms in total. The van der Waals surface area contributed by atoms with Gasteiger partial charge in [-0.25, -0.2) is 4.79 Å². The number of ketones is 4. The van der Waals surface area contributed by atoms with E-state index in [1.54, 1.807) is 10.8 Å². The van der Waals surface area contributed by atoms with Crippen molar-refractivity contribution in [3.8, 4) is 0 Å². The van der Waals surface area contributed by atoms with Gasteiger partial charge < -0.3 is 4.57 Å². The third kappa shape index (κ3) is 11.2. The van der Waals surface area contributed by atoms with Crippen molar-refractivity contribution in [3.05, 3.63) is 33.1 Å².